The Labute approximate surface area is 92.1 Å². The molecule has 1 aromatic heterocycles. The van der Waals surface area contributed by atoms with Gasteiger partial charge in [-0.1, -0.05) is 0 Å². The average molecular weight is 230 g/mol. The van der Waals surface area contributed by atoms with Gasteiger partial charge in [-0.2, -0.15) is 0 Å². The Morgan fingerprint density at radius 1 is 1.80 bits per heavy atom. The normalized spacial score (nSPS) is 12.4. The molecular weight excluding hydrogens is 216 g/mol. The van der Waals surface area contributed by atoms with Crippen LogP contribution in [0.5, 0.6) is 0 Å². The van der Waals surface area contributed by atoms with E-state index in [0.717, 1.165) is 0 Å². The maximum atomic E-state index is 10.5. The van der Waals surface area contributed by atoms with Crippen LogP contribution in [0.2, 0.25) is 0 Å². The highest BCUT2D eigenvalue weighted by Crippen LogP contribution is 2.15. The molecule has 1 rings (SSSR count). The van der Waals surface area contributed by atoms with E-state index in [2.05, 4.69) is 10.3 Å². The molecule has 0 aliphatic rings. The SMILES string of the molecule is CCOC(C)CNc1nc(C(=O)O)cs1. The quantitative estimate of drug-likeness (QED) is 0.778. The van der Waals surface area contributed by atoms with Crippen molar-refractivity contribution in [3.05, 3.63) is 11.1 Å². The predicted molar refractivity (Wildman–Crippen MR) is 58.7 cm³/mol. The number of rotatable bonds is 6. The molecule has 0 bridgehead atoms. The largest absolute Gasteiger partial charge is 0.476 e. The lowest BCUT2D eigenvalue weighted by Crippen LogP contribution is -2.19. The minimum absolute atomic E-state index is 0.0755. The number of ether oxygens (including phenoxy) is 1. The molecule has 6 heteroatoms. The second kappa shape index (κ2) is 5.67. The van der Waals surface area contributed by atoms with Gasteiger partial charge < -0.3 is 15.2 Å². The molecule has 0 saturated carbocycles. The third-order valence-corrected chi connectivity index (χ3v) is 2.52. The number of thiazole rings is 1. The number of aromatic nitrogens is 1. The van der Waals surface area contributed by atoms with Gasteiger partial charge in [0.15, 0.2) is 10.8 Å². The van der Waals surface area contributed by atoms with Gasteiger partial charge in [-0.3, -0.25) is 0 Å². The average Bonchev–Trinajstić information content (AvgIpc) is 2.63. The molecule has 0 radical (unpaired) electrons. The van der Waals surface area contributed by atoms with Crippen LogP contribution in [-0.2, 0) is 4.74 Å². The first-order valence-electron chi connectivity index (χ1n) is 4.67. The third kappa shape index (κ3) is 3.85. The second-order valence-corrected chi connectivity index (χ2v) is 3.85. The molecule has 0 aliphatic carbocycles. The number of carboxylic acids is 1. The number of carboxylic acid groups (broad SMARTS) is 1. The van der Waals surface area contributed by atoms with Gasteiger partial charge in [-0.25, -0.2) is 9.78 Å². The predicted octanol–water partition coefficient (Wildman–Crippen LogP) is 1.68. The molecule has 1 unspecified atom stereocenters. The lowest BCUT2D eigenvalue weighted by atomic mass is 10.4. The summed E-state index contributed by atoms with van der Waals surface area (Å²) >= 11 is 1.28. The van der Waals surface area contributed by atoms with E-state index < -0.39 is 5.97 Å². The molecule has 2 N–H and O–H groups in total. The molecule has 5 nitrogen and oxygen atoms in total. The Balaban J connectivity index is 2.40. The van der Waals surface area contributed by atoms with E-state index in [4.69, 9.17) is 9.84 Å². The van der Waals surface area contributed by atoms with Gasteiger partial charge in [-0.05, 0) is 13.8 Å². The summed E-state index contributed by atoms with van der Waals surface area (Å²) in [5.74, 6) is -1.00. The van der Waals surface area contributed by atoms with Gasteiger partial charge in [0.2, 0.25) is 0 Å². The van der Waals surface area contributed by atoms with E-state index in [1.54, 1.807) is 0 Å². The second-order valence-electron chi connectivity index (χ2n) is 2.99. The van der Waals surface area contributed by atoms with Crippen LogP contribution in [0.15, 0.2) is 5.38 Å². The Morgan fingerprint density at radius 3 is 3.07 bits per heavy atom. The van der Waals surface area contributed by atoms with E-state index in [1.165, 1.54) is 16.7 Å². The summed E-state index contributed by atoms with van der Waals surface area (Å²) in [4.78, 5) is 14.4. The zero-order chi connectivity index (χ0) is 11.3. The highest BCUT2D eigenvalue weighted by atomic mass is 32.1. The number of nitrogens with zero attached hydrogens (tertiary/aromatic N) is 1. The number of hydrogen-bond donors (Lipinski definition) is 2. The summed E-state index contributed by atoms with van der Waals surface area (Å²) in [5, 5.41) is 13.8. The lowest BCUT2D eigenvalue weighted by molar-refractivity contribution is 0.0691. The van der Waals surface area contributed by atoms with Crippen molar-refractivity contribution < 1.29 is 14.6 Å². The monoisotopic (exact) mass is 230 g/mol. The highest BCUT2D eigenvalue weighted by Gasteiger charge is 2.08. The van der Waals surface area contributed by atoms with E-state index in [-0.39, 0.29) is 11.8 Å². The number of hydrogen-bond acceptors (Lipinski definition) is 5. The maximum absolute atomic E-state index is 10.5. The molecule has 1 heterocycles. The molecule has 1 aromatic rings. The minimum Gasteiger partial charge on any atom is -0.476 e. The Morgan fingerprint density at radius 2 is 2.53 bits per heavy atom. The molecule has 15 heavy (non-hydrogen) atoms. The van der Waals surface area contributed by atoms with Crippen molar-refractivity contribution in [1.82, 2.24) is 4.98 Å². The van der Waals surface area contributed by atoms with Crippen molar-refractivity contribution in [3.8, 4) is 0 Å². The van der Waals surface area contributed by atoms with Gasteiger partial charge >= 0.3 is 5.97 Å². The van der Waals surface area contributed by atoms with Gasteiger partial charge in [0.1, 0.15) is 0 Å². The van der Waals surface area contributed by atoms with Gasteiger partial charge in [0.05, 0.1) is 6.10 Å². The van der Waals surface area contributed by atoms with Crippen molar-refractivity contribution in [2.75, 3.05) is 18.5 Å². The fourth-order valence-corrected chi connectivity index (χ4v) is 1.72. The molecule has 0 fully saturated rings. The van der Waals surface area contributed by atoms with Crippen LogP contribution in [0.1, 0.15) is 24.3 Å². The van der Waals surface area contributed by atoms with E-state index >= 15 is 0 Å². The topological polar surface area (TPSA) is 71.5 Å². The number of carbonyl (C=O) groups is 1. The van der Waals surface area contributed by atoms with E-state index in [1.807, 2.05) is 13.8 Å². The van der Waals surface area contributed by atoms with Gasteiger partial charge in [-0.15, -0.1) is 11.3 Å². The first-order chi connectivity index (χ1) is 7.13. The molecule has 0 aliphatic heterocycles. The van der Waals surface area contributed by atoms with Crippen molar-refractivity contribution in [1.29, 1.82) is 0 Å². The van der Waals surface area contributed by atoms with Crippen molar-refractivity contribution >= 4 is 22.4 Å². The van der Waals surface area contributed by atoms with Gasteiger partial charge in [0.25, 0.3) is 0 Å². The summed E-state index contributed by atoms with van der Waals surface area (Å²) in [6, 6.07) is 0. The number of aromatic carboxylic acids is 1. The van der Waals surface area contributed by atoms with Crippen molar-refractivity contribution in [2.24, 2.45) is 0 Å². The van der Waals surface area contributed by atoms with Crippen LogP contribution in [0.4, 0.5) is 5.13 Å². The van der Waals surface area contributed by atoms with E-state index in [0.29, 0.717) is 18.3 Å². The summed E-state index contributed by atoms with van der Waals surface area (Å²) in [5.41, 5.74) is 0.0755. The Kier molecular flexibility index (Phi) is 4.51. The fourth-order valence-electron chi connectivity index (χ4n) is 1.03. The molecule has 84 valence electrons. The third-order valence-electron chi connectivity index (χ3n) is 1.72. The molecule has 1 atom stereocenters. The summed E-state index contributed by atoms with van der Waals surface area (Å²) < 4.78 is 5.32. The number of anilines is 1. The van der Waals surface area contributed by atoms with Crippen LogP contribution in [-0.4, -0.2) is 35.3 Å². The molecule has 0 amide bonds. The van der Waals surface area contributed by atoms with Crippen LogP contribution < -0.4 is 5.32 Å². The first-order valence-corrected chi connectivity index (χ1v) is 5.55. The summed E-state index contributed by atoms with van der Waals surface area (Å²) in [6.07, 6.45) is 0.0900. The molecule has 0 aromatic carbocycles. The lowest BCUT2D eigenvalue weighted by Gasteiger charge is -2.11. The first kappa shape index (κ1) is 11.9. The van der Waals surface area contributed by atoms with Crippen LogP contribution in [0.3, 0.4) is 0 Å². The van der Waals surface area contributed by atoms with Crippen LogP contribution in [0, 0.1) is 0 Å². The number of nitrogens with one attached hydrogen (secondary N) is 1. The molecular formula is C9H14N2O3S. The fraction of sp³-hybridized carbons (Fsp3) is 0.556. The van der Waals surface area contributed by atoms with Crippen LogP contribution >= 0.6 is 11.3 Å². The summed E-state index contributed by atoms with van der Waals surface area (Å²) in [7, 11) is 0. The van der Waals surface area contributed by atoms with Crippen molar-refractivity contribution in [2.45, 2.75) is 20.0 Å². The zero-order valence-corrected chi connectivity index (χ0v) is 9.50. The summed E-state index contributed by atoms with van der Waals surface area (Å²) in [6.45, 7) is 5.17. The van der Waals surface area contributed by atoms with Crippen molar-refractivity contribution in [3.63, 3.8) is 0 Å². The standard InChI is InChI=1S/C9H14N2O3S/c1-3-14-6(2)4-10-9-11-7(5-15-9)8(12)13/h5-6H,3-4H2,1-2H3,(H,10,11)(H,12,13). The smallest absolute Gasteiger partial charge is 0.355 e. The maximum Gasteiger partial charge on any atom is 0.355 e. The molecule has 0 spiro atoms. The minimum atomic E-state index is -1.00. The van der Waals surface area contributed by atoms with Gasteiger partial charge in [0, 0.05) is 18.5 Å². The molecule has 0 saturated heterocycles. The van der Waals surface area contributed by atoms with E-state index in [9.17, 15) is 4.79 Å². The highest BCUT2D eigenvalue weighted by molar-refractivity contribution is 7.13. The van der Waals surface area contributed by atoms with Crippen LogP contribution in [0.25, 0.3) is 0 Å². The zero-order valence-electron chi connectivity index (χ0n) is 8.69. The Hall–Kier alpha value is -1.14. The Bertz CT molecular complexity index is 327.